The van der Waals surface area contributed by atoms with Crippen LogP contribution in [-0.2, 0) is 28.7 Å². The van der Waals surface area contributed by atoms with Gasteiger partial charge in [0.25, 0.3) is 5.91 Å². The van der Waals surface area contributed by atoms with Crippen LogP contribution < -0.4 is 10.2 Å². The normalized spacial score (nSPS) is 34.1. The average Bonchev–Trinajstić information content (AvgIpc) is 3.48. The molecular formula is C27H29BrClN3O7. The van der Waals surface area contributed by atoms with E-state index in [-0.39, 0.29) is 38.6 Å². The van der Waals surface area contributed by atoms with Crippen LogP contribution in [0, 0.1) is 11.8 Å². The van der Waals surface area contributed by atoms with Gasteiger partial charge in [0, 0.05) is 24.0 Å². The van der Waals surface area contributed by atoms with Crippen LogP contribution in [-0.4, -0.2) is 83.8 Å². The number of ether oxygens (including phenoxy) is 2. The van der Waals surface area contributed by atoms with Gasteiger partial charge >= 0.3 is 5.97 Å². The maximum atomic E-state index is 14.5. The molecule has 2 N–H and O–H groups in total. The molecule has 4 aliphatic heterocycles. The van der Waals surface area contributed by atoms with Gasteiger partial charge in [0.05, 0.1) is 29.8 Å². The second kappa shape index (κ2) is 11.0. The van der Waals surface area contributed by atoms with Gasteiger partial charge in [-0.1, -0.05) is 51.8 Å². The number of hydrogen-bond acceptors (Lipinski definition) is 7. The van der Waals surface area contributed by atoms with E-state index in [0.717, 1.165) is 0 Å². The van der Waals surface area contributed by atoms with Crippen LogP contribution >= 0.6 is 27.5 Å². The molecule has 2 fully saturated rings. The van der Waals surface area contributed by atoms with Crippen LogP contribution in [0.25, 0.3) is 0 Å². The van der Waals surface area contributed by atoms with E-state index in [4.69, 9.17) is 21.1 Å². The van der Waals surface area contributed by atoms with Gasteiger partial charge in [-0.15, -0.1) is 0 Å². The number of aliphatic hydroxyl groups excluding tert-OH is 1. The second-order valence-electron chi connectivity index (χ2n) is 10.0. The Hall–Kier alpha value is -2.73. The third-order valence-corrected chi connectivity index (χ3v) is 8.58. The predicted molar refractivity (Wildman–Crippen MR) is 145 cm³/mol. The number of allylic oxidation sites excluding steroid dienone is 1. The molecule has 5 rings (SSSR count). The first-order chi connectivity index (χ1) is 18.7. The van der Waals surface area contributed by atoms with Crippen LogP contribution in [0.1, 0.15) is 19.8 Å². The highest BCUT2D eigenvalue weighted by Crippen LogP contribution is 2.59. The molecule has 10 nitrogen and oxygen atoms in total. The molecule has 4 aliphatic rings. The highest BCUT2D eigenvalue weighted by molar-refractivity contribution is 9.11. The lowest BCUT2D eigenvalue weighted by Gasteiger charge is -2.35. The van der Waals surface area contributed by atoms with Gasteiger partial charge in [0.2, 0.25) is 11.8 Å². The molecule has 3 amide bonds. The van der Waals surface area contributed by atoms with Gasteiger partial charge in [-0.2, -0.15) is 0 Å². The van der Waals surface area contributed by atoms with Gasteiger partial charge in [-0.05, 0) is 31.6 Å². The van der Waals surface area contributed by atoms with Crippen molar-refractivity contribution in [3.05, 3.63) is 52.0 Å². The van der Waals surface area contributed by atoms with Crippen LogP contribution in [0.3, 0.4) is 0 Å². The molecule has 5 bridgehead atoms. The Morgan fingerprint density at radius 1 is 1.18 bits per heavy atom. The van der Waals surface area contributed by atoms with Crippen molar-refractivity contribution in [2.75, 3.05) is 31.1 Å². The molecule has 39 heavy (non-hydrogen) atoms. The maximum absolute atomic E-state index is 14.5. The summed E-state index contributed by atoms with van der Waals surface area (Å²) in [6.07, 6.45) is 4.45. The minimum Gasteiger partial charge on any atom is -0.460 e. The molecule has 1 spiro atoms. The summed E-state index contributed by atoms with van der Waals surface area (Å²) in [6, 6.07) is 5.69. The SMILES string of the molecule is C[C@@H]1CNC(=O)CC/C=C\CN(c2ccccc2Cl)C(=O)[C@@H]2N(CCO)C(=O)[C@H]3[C@H](C(=O)O1)[C@H]1O[C@@]23C=C1Br. The fraction of sp³-hybridized carbons (Fsp3) is 0.481. The smallest absolute Gasteiger partial charge is 0.313 e. The molecule has 208 valence electrons. The molecule has 1 aromatic rings. The first kappa shape index (κ1) is 27.8. The summed E-state index contributed by atoms with van der Waals surface area (Å²) < 4.78 is 12.6. The molecule has 12 heteroatoms. The molecule has 1 aromatic carbocycles. The Bertz CT molecular complexity index is 1260. The first-order valence-corrected chi connectivity index (χ1v) is 14.0. The lowest BCUT2D eigenvalue weighted by atomic mass is 9.74. The number of rotatable bonds is 3. The third kappa shape index (κ3) is 4.79. The van der Waals surface area contributed by atoms with E-state index >= 15 is 0 Å². The van der Waals surface area contributed by atoms with E-state index in [0.29, 0.717) is 21.6 Å². The number of para-hydroxylation sites is 1. The van der Waals surface area contributed by atoms with Gasteiger partial charge in [-0.25, -0.2) is 0 Å². The van der Waals surface area contributed by atoms with E-state index in [9.17, 15) is 24.3 Å². The number of fused-ring (bicyclic) bond motifs is 2. The molecule has 0 unspecified atom stereocenters. The van der Waals surface area contributed by atoms with Crippen molar-refractivity contribution in [3.8, 4) is 0 Å². The number of nitrogens with zero attached hydrogens (tertiary/aromatic N) is 2. The number of aliphatic hydroxyl groups is 1. The minimum absolute atomic E-state index is 0.111. The topological polar surface area (TPSA) is 125 Å². The number of likely N-dealkylation sites (tertiary alicyclic amines) is 1. The van der Waals surface area contributed by atoms with Crippen LogP contribution in [0.2, 0.25) is 5.02 Å². The van der Waals surface area contributed by atoms with Crippen LogP contribution in [0.15, 0.2) is 47.0 Å². The van der Waals surface area contributed by atoms with Crippen molar-refractivity contribution in [1.82, 2.24) is 10.2 Å². The molecule has 2 saturated heterocycles. The molecule has 0 aliphatic carbocycles. The van der Waals surface area contributed by atoms with Gasteiger partial charge in [0.15, 0.2) is 0 Å². The standard InChI is InChI=1S/C27H29BrClN3O7/c1-15-14-30-19(34)9-3-2-6-10-31(18-8-5-4-7-17(18)29)25(36)23-27-13-16(28)22(39-27)20(26(37)38-15)21(27)24(35)32(23)11-12-33/h2,4-8,13,15,20-23,33H,3,9-12,14H2,1H3,(H,30,34)/b6-2-/t15-,20+,21-,22+,23+,27-/m1/s1. The molecule has 0 radical (unpaired) electrons. The summed E-state index contributed by atoms with van der Waals surface area (Å²) in [6.45, 7) is 1.38. The largest absolute Gasteiger partial charge is 0.460 e. The highest BCUT2D eigenvalue weighted by Gasteiger charge is 2.75. The average molecular weight is 623 g/mol. The number of carbonyl (C=O) groups is 4. The highest BCUT2D eigenvalue weighted by atomic mass is 79.9. The number of anilines is 1. The third-order valence-electron chi connectivity index (χ3n) is 7.58. The quantitative estimate of drug-likeness (QED) is 0.390. The van der Waals surface area contributed by atoms with Crippen molar-refractivity contribution in [3.63, 3.8) is 0 Å². The molecule has 6 atom stereocenters. The number of nitrogens with one attached hydrogen (secondary N) is 1. The Kier molecular flexibility index (Phi) is 7.87. The van der Waals surface area contributed by atoms with Crippen molar-refractivity contribution in [2.45, 2.75) is 43.6 Å². The Morgan fingerprint density at radius 3 is 2.69 bits per heavy atom. The first-order valence-electron chi connectivity index (χ1n) is 12.8. The number of halogens is 2. The van der Waals surface area contributed by atoms with Gasteiger partial charge in [-0.3, -0.25) is 19.2 Å². The summed E-state index contributed by atoms with van der Waals surface area (Å²) >= 11 is 9.99. The fourth-order valence-electron chi connectivity index (χ4n) is 5.92. The van der Waals surface area contributed by atoms with Crippen molar-refractivity contribution < 1.29 is 33.8 Å². The summed E-state index contributed by atoms with van der Waals surface area (Å²) in [7, 11) is 0. The minimum atomic E-state index is -1.45. The van der Waals surface area contributed by atoms with Crippen LogP contribution in [0.4, 0.5) is 5.69 Å². The second-order valence-corrected chi connectivity index (χ2v) is 11.4. The monoisotopic (exact) mass is 621 g/mol. The Morgan fingerprint density at radius 2 is 1.95 bits per heavy atom. The zero-order valence-electron chi connectivity index (χ0n) is 21.2. The molecule has 0 saturated carbocycles. The van der Waals surface area contributed by atoms with E-state index in [2.05, 4.69) is 21.2 Å². The van der Waals surface area contributed by atoms with Crippen molar-refractivity contribution in [2.24, 2.45) is 11.8 Å². The van der Waals surface area contributed by atoms with Crippen molar-refractivity contribution >= 4 is 56.9 Å². The lowest BCUT2D eigenvalue weighted by molar-refractivity contribution is -0.158. The van der Waals surface area contributed by atoms with E-state index < -0.39 is 53.5 Å². The fourth-order valence-corrected chi connectivity index (χ4v) is 6.89. The number of cyclic esters (lactones) is 1. The van der Waals surface area contributed by atoms with E-state index in [1.54, 1.807) is 49.4 Å². The molecule has 0 aromatic heterocycles. The predicted octanol–water partition coefficient (Wildman–Crippen LogP) is 1.94. The van der Waals surface area contributed by atoms with Crippen LogP contribution in [0.5, 0.6) is 0 Å². The van der Waals surface area contributed by atoms with E-state index in [1.807, 2.05) is 0 Å². The summed E-state index contributed by atoms with van der Waals surface area (Å²) in [5, 5.41) is 12.9. The number of amides is 3. The lowest BCUT2D eigenvalue weighted by Crippen LogP contribution is -2.56. The molecule has 4 heterocycles. The zero-order valence-corrected chi connectivity index (χ0v) is 23.6. The Labute approximate surface area is 239 Å². The van der Waals surface area contributed by atoms with Crippen molar-refractivity contribution in [1.29, 1.82) is 0 Å². The maximum Gasteiger partial charge on any atom is 0.313 e. The number of β-amino-alcohol motifs (C(OH)–C–C–N with tert-alkyl or cyclic N) is 1. The zero-order chi connectivity index (χ0) is 27.9. The summed E-state index contributed by atoms with van der Waals surface area (Å²) in [5.74, 6) is -3.85. The number of carbonyl (C=O) groups excluding carboxylic acids is 4. The van der Waals surface area contributed by atoms with E-state index in [1.165, 1.54) is 9.80 Å². The molecular weight excluding hydrogens is 594 g/mol. The number of esters is 1. The van der Waals surface area contributed by atoms with Gasteiger partial charge < -0.3 is 29.7 Å². The Balaban J connectivity index is 1.62. The summed E-state index contributed by atoms with van der Waals surface area (Å²) in [4.78, 5) is 56.8. The number of hydrogen-bond donors (Lipinski definition) is 2. The summed E-state index contributed by atoms with van der Waals surface area (Å²) in [5.41, 5.74) is -1.02. The number of benzene rings is 1. The van der Waals surface area contributed by atoms with Gasteiger partial charge in [0.1, 0.15) is 29.8 Å².